The Kier molecular flexibility index (Phi) is 10.9. The molecule has 0 spiro atoms. The molecule has 0 fully saturated rings. The first kappa shape index (κ1) is 41.1. The number of allylic oxidation sites excluding steroid dienone is 4. The third kappa shape index (κ3) is 7.25. The SMILES string of the molecule is Cc1cc2c(cc1C(C)(C)C)-c1cc(C(C)(C)C)c(C)cc1[CH]2[Zr]([Cl])([Cl])(=[C](c1cccc(C(Cl)(Cl)Cl)c1)c1cccc(C(Cl)(Cl)Cl)c1)[CH]1C=CC=C1. The van der Waals surface area contributed by atoms with Crippen LogP contribution in [0.25, 0.3) is 11.1 Å². The van der Waals surface area contributed by atoms with E-state index in [1.54, 1.807) is 12.1 Å². The van der Waals surface area contributed by atoms with Gasteiger partial charge in [-0.05, 0) is 0 Å². The van der Waals surface area contributed by atoms with Crippen LogP contribution in [0.1, 0.15) is 101 Å². The van der Waals surface area contributed by atoms with Crippen LogP contribution in [-0.4, -0.2) is 3.21 Å². The molecule has 0 nitrogen and oxygen atoms in total. The van der Waals surface area contributed by atoms with E-state index in [4.69, 9.17) is 86.6 Å². The fourth-order valence-corrected chi connectivity index (χ4v) is 28.5. The van der Waals surface area contributed by atoms with Crippen LogP contribution in [0.5, 0.6) is 0 Å². The Hall–Kier alpha value is -0.567. The van der Waals surface area contributed by atoms with Gasteiger partial charge in [-0.3, -0.25) is 0 Å². The van der Waals surface area contributed by atoms with Crippen molar-refractivity contribution >= 4 is 89.8 Å². The molecule has 274 valence electrons. The molecule has 2 aliphatic carbocycles. The van der Waals surface area contributed by atoms with E-state index in [1.165, 1.54) is 22.3 Å². The Labute approximate surface area is 347 Å². The zero-order valence-corrected chi connectivity index (χ0v) is 38.9. The van der Waals surface area contributed by atoms with Gasteiger partial charge in [0.05, 0.1) is 0 Å². The van der Waals surface area contributed by atoms with Gasteiger partial charge >= 0.3 is 351 Å². The number of alkyl halides is 6. The zero-order valence-electron chi connectivity index (χ0n) is 30.4. The van der Waals surface area contributed by atoms with Gasteiger partial charge in [-0.1, -0.05) is 0 Å². The van der Waals surface area contributed by atoms with Crippen molar-refractivity contribution in [1.29, 1.82) is 0 Å². The molecule has 4 aromatic carbocycles. The van der Waals surface area contributed by atoms with Crippen LogP contribution in [0.2, 0.25) is 3.63 Å². The van der Waals surface area contributed by atoms with E-state index in [0.29, 0.717) is 11.1 Å². The Balaban J connectivity index is 1.89. The maximum atomic E-state index is 8.83. The zero-order chi connectivity index (χ0) is 38.4. The molecule has 0 N–H and O–H groups in total. The first-order chi connectivity index (χ1) is 23.8. The van der Waals surface area contributed by atoms with Gasteiger partial charge in [0, 0.05) is 0 Å². The molecule has 9 heteroatoms. The molecule has 52 heavy (non-hydrogen) atoms. The summed E-state index contributed by atoms with van der Waals surface area (Å²) in [6.07, 6.45) is 8.36. The quantitative estimate of drug-likeness (QED) is 0.179. The topological polar surface area (TPSA) is 0 Å². The van der Waals surface area contributed by atoms with Crippen molar-refractivity contribution in [2.45, 2.75) is 81.1 Å². The summed E-state index contributed by atoms with van der Waals surface area (Å²) < 4.78 is -3.25. The van der Waals surface area contributed by atoms with Gasteiger partial charge in [0.15, 0.2) is 0 Å². The summed E-state index contributed by atoms with van der Waals surface area (Å²) in [5.74, 6) is 0. The van der Waals surface area contributed by atoms with Gasteiger partial charge in [0.2, 0.25) is 0 Å². The standard InChI is InChI=1S/C23H29.C15H8Cl6.C5H5.2ClH.Zr/c1-14-9-16-11-17-10-15(2)21(23(6,7)8)13-19(17)18(16)12-20(14)22(3,4)5;16-14(17,18)12-5-1-3-10(8-12)7-11-4-2-6-13(9-11)15(19,20)21;1-2-4-5-3-1;;;/h9-13H,1-8H3;1-6,8-9H;1-5H;2*1H;/q;;;;;+2/p-2. The van der Waals surface area contributed by atoms with E-state index < -0.39 is 23.5 Å². The van der Waals surface area contributed by atoms with Crippen LogP contribution in [0, 0.1) is 13.8 Å². The van der Waals surface area contributed by atoms with E-state index in [9.17, 15) is 0 Å². The molecule has 0 saturated heterocycles. The van der Waals surface area contributed by atoms with Gasteiger partial charge < -0.3 is 0 Å². The van der Waals surface area contributed by atoms with Crippen molar-refractivity contribution in [1.82, 2.24) is 0 Å². The van der Waals surface area contributed by atoms with Crippen molar-refractivity contribution in [3.63, 3.8) is 0 Å². The van der Waals surface area contributed by atoms with Crippen LogP contribution in [0.4, 0.5) is 0 Å². The molecule has 0 bridgehead atoms. The molecule has 0 radical (unpaired) electrons. The second-order valence-electron chi connectivity index (χ2n) is 16.4. The molecule has 4 aromatic rings. The van der Waals surface area contributed by atoms with Crippen LogP contribution in [0.3, 0.4) is 0 Å². The molecular formula is C43H42Cl8Zr. The summed E-state index contributed by atoms with van der Waals surface area (Å²) in [6.45, 7) is 17.9. The van der Waals surface area contributed by atoms with Gasteiger partial charge in [-0.15, -0.1) is 0 Å². The molecular weight excluding hydrogens is 891 g/mol. The monoisotopic (exact) mass is 928 g/mol. The second-order valence-corrected chi connectivity index (χ2v) is 41.7. The Bertz CT molecular complexity index is 2090. The molecule has 6 rings (SSSR count). The van der Waals surface area contributed by atoms with Crippen molar-refractivity contribution in [3.05, 3.63) is 153 Å². The fourth-order valence-electron chi connectivity index (χ4n) is 8.47. The number of halogens is 8. The molecule has 0 aliphatic heterocycles. The number of rotatable bonds is 4. The summed E-state index contributed by atoms with van der Waals surface area (Å²) in [5, 5.41) is 0. The Morgan fingerprint density at radius 2 is 0.942 bits per heavy atom. The predicted octanol–water partition coefficient (Wildman–Crippen LogP) is 15.8. The number of benzene rings is 4. The van der Waals surface area contributed by atoms with E-state index in [0.717, 1.165) is 36.6 Å². The normalized spacial score (nSPS) is 15.7. The minimum absolute atomic E-state index is 0.0850. The molecule has 0 saturated carbocycles. The van der Waals surface area contributed by atoms with Crippen LogP contribution >= 0.6 is 86.6 Å². The molecule has 0 heterocycles. The van der Waals surface area contributed by atoms with E-state index in [1.807, 2.05) is 48.6 Å². The first-order valence-corrected chi connectivity index (χ1v) is 30.0. The first-order valence-electron chi connectivity index (χ1n) is 17.3. The minimum atomic E-state index is -5.82. The number of aryl methyl sites for hydroxylation is 2. The van der Waals surface area contributed by atoms with Crippen molar-refractivity contribution in [3.8, 4) is 11.1 Å². The Morgan fingerprint density at radius 1 is 0.558 bits per heavy atom. The molecule has 0 aromatic heterocycles. The van der Waals surface area contributed by atoms with Crippen molar-refractivity contribution in [2.24, 2.45) is 0 Å². The average molecular weight is 934 g/mol. The summed E-state index contributed by atoms with van der Waals surface area (Å²) in [7, 11) is 17.7. The van der Waals surface area contributed by atoms with Gasteiger partial charge in [-0.25, -0.2) is 0 Å². The van der Waals surface area contributed by atoms with E-state index in [2.05, 4.69) is 91.8 Å². The molecule has 0 amide bonds. The Morgan fingerprint density at radius 3 is 1.29 bits per heavy atom. The predicted molar refractivity (Wildman–Crippen MR) is 229 cm³/mol. The van der Waals surface area contributed by atoms with Crippen molar-refractivity contribution in [2.75, 3.05) is 0 Å². The number of hydrogen-bond donors (Lipinski definition) is 0. The van der Waals surface area contributed by atoms with Gasteiger partial charge in [0.1, 0.15) is 0 Å². The summed E-state index contributed by atoms with van der Waals surface area (Å²) in [5.41, 5.74) is 11.9. The van der Waals surface area contributed by atoms with Crippen LogP contribution in [-0.2, 0) is 34.3 Å². The summed E-state index contributed by atoms with van der Waals surface area (Å²) in [4.78, 5) is 0. The third-order valence-electron chi connectivity index (χ3n) is 10.6. The molecule has 0 unspecified atom stereocenters. The summed E-state index contributed by atoms with van der Waals surface area (Å²) in [6, 6.07) is 24.5. The summed E-state index contributed by atoms with van der Waals surface area (Å²) >= 11 is 33.4. The average Bonchev–Trinajstić information content (AvgIpc) is 3.66. The third-order valence-corrected chi connectivity index (χ3v) is 31.6. The van der Waals surface area contributed by atoms with Gasteiger partial charge in [0.25, 0.3) is 0 Å². The van der Waals surface area contributed by atoms with E-state index in [-0.39, 0.29) is 18.1 Å². The maximum absolute atomic E-state index is 8.83. The molecule has 0 atom stereocenters. The van der Waals surface area contributed by atoms with Gasteiger partial charge in [-0.2, -0.15) is 0 Å². The van der Waals surface area contributed by atoms with Crippen LogP contribution < -0.4 is 0 Å². The number of hydrogen-bond acceptors (Lipinski definition) is 0. The second kappa shape index (κ2) is 13.8. The molecule has 2 aliphatic rings. The van der Waals surface area contributed by atoms with Crippen molar-refractivity contribution < 1.29 is 15.9 Å². The number of fused-ring (bicyclic) bond motifs is 3. The van der Waals surface area contributed by atoms with Crippen LogP contribution in [0.15, 0.2) is 97.1 Å². The van der Waals surface area contributed by atoms with E-state index >= 15 is 0 Å². The fraction of sp³-hybridized carbons (Fsp3) is 0.326.